The number of carbonyl (C=O) groups excluding carboxylic acids is 1. The van der Waals surface area contributed by atoms with E-state index in [1.165, 1.54) is 0 Å². The molecular weight excluding hydrogens is 230 g/mol. The van der Waals surface area contributed by atoms with Crippen molar-refractivity contribution in [2.75, 3.05) is 12.4 Å². The zero-order valence-electron chi connectivity index (χ0n) is 9.92. The maximum absolute atomic E-state index is 11.6. The van der Waals surface area contributed by atoms with Gasteiger partial charge in [-0.3, -0.25) is 0 Å². The molecule has 4 heteroatoms. The third-order valence-corrected chi connectivity index (χ3v) is 2.29. The number of para-hydroxylation sites is 3. The third-order valence-electron chi connectivity index (χ3n) is 2.29. The minimum absolute atomic E-state index is 0.431. The van der Waals surface area contributed by atoms with Crippen molar-refractivity contribution in [1.82, 2.24) is 0 Å². The lowest BCUT2D eigenvalue weighted by atomic mass is 10.3. The summed E-state index contributed by atoms with van der Waals surface area (Å²) in [4.78, 5) is 11.6. The van der Waals surface area contributed by atoms with E-state index in [1.807, 2.05) is 18.2 Å². The molecule has 0 amide bonds. The van der Waals surface area contributed by atoms with Crippen molar-refractivity contribution in [2.45, 2.75) is 0 Å². The molecule has 0 heterocycles. The quantitative estimate of drug-likeness (QED) is 0.663. The van der Waals surface area contributed by atoms with Crippen LogP contribution in [0.5, 0.6) is 11.5 Å². The first-order valence-electron chi connectivity index (χ1n) is 5.51. The number of benzene rings is 2. The molecule has 2 aromatic rings. The summed E-state index contributed by atoms with van der Waals surface area (Å²) in [6, 6.07) is 15.9. The topological polar surface area (TPSA) is 47.6 Å². The number of hydrogen-bond donors (Lipinski definition) is 1. The molecule has 0 aliphatic carbocycles. The smallest absolute Gasteiger partial charge is 0.395 e. The van der Waals surface area contributed by atoms with Crippen molar-refractivity contribution < 1.29 is 14.3 Å². The zero-order chi connectivity index (χ0) is 12.8. The summed E-state index contributed by atoms with van der Waals surface area (Å²) in [5.74, 6) is 0.880. The largest absolute Gasteiger partial charge is 0.519 e. The van der Waals surface area contributed by atoms with Gasteiger partial charge in [-0.2, -0.15) is 0 Å². The molecule has 2 aromatic carbocycles. The predicted molar refractivity (Wildman–Crippen MR) is 69.1 cm³/mol. The van der Waals surface area contributed by atoms with Crippen LogP contribution < -0.4 is 14.8 Å². The minimum Gasteiger partial charge on any atom is -0.395 e. The van der Waals surface area contributed by atoms with Gasteiger partial charge in [0.1, 0.15) is 5.75 Å². The average Bonchev–Trinajstić information content (AvgIpc) is 2.40. The number of carbonyl (C=O) groups is 1. The van der Waals surface area contributed by atoms with Crippen LogP contribution >= 0.6 is 0 Å². The molecule has 0 radical (unpaired) electrons. The molecule has 0 unspecified atom stereocenters. The summed E-state index contributed by atoms with van der Waals surface area (Å²) in [6.45, 7) is 0. The Kier molecular flexibility index (Phi) is 3.81. The van der Waals surface area contributed by atoms with Crippen molar-refractivity contribution in [3.8, 4) is 11.5 Å². The van der Waals surface area contributed by atoms with Gasteiger partial charge in [0, 0.05) is 7.05 Å². The van der Waals surface area contributed by atoms with Gasteiger partial charge in [-0.25, -0.2) is 4.79 Å². The lowest BCUT2D eigenvalue weighted by Crippen LogP contribution is -2.14. The molecule has 0 aromatic heterocycles. The fourth-order valence-corrected chi connectivity index (χ4v) is 1.46. The molecular formula is C14H13NO3. The molecule has 2 rings (SSSR count). The Hall–Kier alpha value is -2.49. The average molecular weight is 243 g/mol. The number of nitrogens with one attached hydrogen (secondary N) is 1. The lowest BCUT2D eigenvalue weighted by Gasteiger charge is -2.09. The van der Waals surface area contributed by atoms with E-state index in [0.29, 0.717) is 11.5 Å². The van der Waals surface area contributed by atoms with E-state index in [9.17, 15) is 4.79 Å². The molecule has 0 saturated carbocycles. The third kappa shape index (κ3) is 3.01. The van der Waals surface area contributed by atoms with Crippen LogP contribution in [0.2, 0.25) is 0 Å². The normalized spacial score (nSPS) is 9.61. The van der Waals surface area contributed by atoms with E-state index in [0.717, 1.165) is 5.69 Å². The van der Waals surface area contributed by atoms with Crippen molar-refractivity contribution in [1.29, 1.82) is 0 Å². The molecule has 0 fully saturated rings. The molecule has 18 heavy (non-hydrogen) atoms. The molecule has 1 N–H and O–H groups in total. The molecule has 0 atom stereocenters. The van der Waals surface area contributed by atoms with Crippen LogP contribution in [0.3, 0.4) is 0 Å². The molecule has 0 spiro atoms. The van der Waals surface area contributed by atoms with Gasteiger partial charge < -0.3 is 14.8 Å². The molecule has 4 nitrogen and oxygen atoms in total. The van der Waals surface area contributed by atoms with Gasteiger partial charge in [-0.05, 0) is 24.3 Å². The summed E-state index contributed by atoms with van der Waals surface area (Å²) in [6.07, 6.45) is -0.760. The second kappa shape index (κ2) is 5.72. The standard InChI is InChI=1S/C14H13NO3/c1-15-12-9-5-6-10-13(12)18-14(16)17-11-7-3-2-4-8-11/h2-10,15H,1H3. The first-order valence-corrected chi connectivity index (χ1v) is 5.51. The SMILES string of the molecule is CNc1ccccc1OC(=O)Oc1ccccc1. The van der Waals surface area contributed by atoms with Gasteiger partial charge in [-0.15, -0.1) is 0 Å². The Morgan fingerprint density at radius 3 is 2.33 bits per heavy atom. The summed E-state index contributed by atoms with van der Waals surface area (Å²) in [5, 5.41) is 2.93. The van der Waals surface area contributed by atoms with Gasteiger partial charge in [0.05, 0.1) is 5.69 Å². The van der Waals surface area contributed by atoms with Crippen molar-refractivity contribution in [3.63, 3.8) is 0 Å². The highest BCUT2D eigenvalue weighted by atomic mass is 16.7. The van der Waals surface area contributed by atoms with E-state index in [-0.39, 0.29) is 0 Å². The lowest BCUT2D eigenvalue weighted by molar-refractivity contribution is 0.152. The fraction of sp³-hybridized carbons (Fsp3) is 0.0714. The van der Waals surface area contributed by atoms with Gasteiger partial charge in [-0.1, -0.05) is 30.3 Å². The van der Waals surface area contributed by atoms with E-state index in [4.69, 9.17) is 9.47 Å². The predicted octanol–water partition coefficient (Wildman–Crippen LogP) is 3.31. The van der Waals surface area contributed by atoms with Crippen LogP contribution in [0.1, 0.15) is 0 Å². The van der Waals surface area contributed by atoms with Crippen LogP contribution in [0.15, 0.2) is 54.6 Å². The molecule has 0 saturated heterocycles. The molecule has 0 aliphatic rings. The first-order chi connectivity index (χ1) is 8.79. The Morgan fingerprint density at radius 1 is 0.944 bits per heavy atom. The second-order valence-electron chi connectivity index (χ2n) is 3.51. The molecule has 0 aliphatic heterocycles. The summed E-state index contributed by atoms with van der Waals surface area (Å²) in [5.41, 5.74) is 0.725. The van der Waals surface area contributed by atoms with Crippen molar-refractivity contribution >= 4 is 11.8 Å². The summed E-state index contributed by atoms with van der Waals surface area (Å²) < 4.78 is 10.1. The summed E-state index contributed by atoms with van der Waals surface area (Å²) in [7, 11) is 1.75. The maximum Gasteiger partial charge on any atom is 0.519 e. The Morgan fingerprint density at radius 2 is 1.61 bits per heavy atom. The number of rotatable bonds is 3. The van der Waals surface area contributed by atoms with E-state index in [1.54, 1.807) is 43.4 Å². The Labute approximate surface area is 105 Å². The van der Waals surface area contributed by atoms with Crippen LogP contribution in [-0.2, 0) is 0 Å². The van der Waals surface area contributed by atoms with Crippen LogP contribution in [0, 0.1) is 0 Å². The first kappa shape index (κ1) is 12.0. The number of ether oxygens (including phenoxy) is 2. The number of anilines is 1. The van der Waals surface area contributed by atoms with Crippen LogP contribution in [0.25, 0.3) is 0 Å². The van der Waals surface area contributed by atoms with E-state index < -0.39 is 6.16 Å². The maximum atomic E-state index is 11.6. The summed E-state index contributed by atoms with van der Waals surface area (Å²) >= 11 is 0. The van der Waals surface area contributed by atoms with Gasteiger partial charge in [0.25, 0.3) is 0 Å². The van der Waals surface area contributed by atoms with Gasteiger partial charge >= 0.3 is 6.16 Å². The van der Waals surface area contributed by atoms with E-state index >= 15 is 0 Å². The van der Waals surface area contributed by atoms with Crippen LogP contribution in [0.4, 0.5) is 10.5 Å². The Balaban J connectivity index is 2.03. The van der Waals surface area contributed by atoms with Crippen LogP contribution in [-0.4, -0.2) is 13.2 Å². The van der Waals surface area contributed by atoms with Crippen molar-refractivity contribution in [2.24, 2.45) is 0 Å². The highest BCUT2D eigenvalue weighted by molar-refractivity contribution is 5.70. The second-order valence-corrected chi connectivity index (χ2v) is 3.51. The van der Waals surface area contributed by atoms with Gasteiger partial charge in [0.2, 0.25) is 0 Å². The fourth-order valence-electron chi connectivity index (χ4n) is 1.46. The number of hydrogen-bond acceptors (Lipinski definition) is 4. The monoisotopic (exact) mass is 243 g/mol. The Bertz CT molecular complexity index is 526. The minimum atomic E-state index is -0.760. The van der Waals surface area contributed by atoms with E-state index in [2.05, 4.69) is 5.32 Å². The van der Waals surface area contributed by atoms with Gasteiger partial charge in [0.15, 0.2) is 5.75 Å². The zero-order valence-corrected chi connectivity index (χ0v) is 9.92. The van der Waals surface area contributed by atoms with Crippen molar-refractivity contribution in [3.05, 3.63) is 54.6 Å². The molecule has 92 valence electrons. The highest BCUT2D eigenvalue weighted by Crippen LogP contribution is 2.23. The molecule has 0 bridgehead atoms. The highest BCUT2D eigenvalue weighted by Gasteiger charge is 2.10.